The number of nitriles is 1. The molecular weight excluding hydrogens is 244 g/mol. The fourth-order valence-corrected chi connectivity index (χ4v) is 3.80. The van der Waals surface area contributed by atoms with Crippen molar-refractivity contribution in [1.82, 2.24) is 5.32 Å². The summed E-state index contributed by atoms with van der Waals surface area (Å²) in [5.74, 6) is 0. The van der Waals surface area contributed by atoms with Gasteiger partial charge in [-0.15, -0.1) is 0 Å². The molecule has 0 spiro atoms. The largest absolute Gasteiger partial charge is 0.296 e. The zero-order valence-corrected chi connectivity index (χ0v) is 12.2. The van der Waals surface area contributed by atoms with E-state index in [2.05, 4.69) is 35.7 Å². The zero-order valence-electron chi connectivity index (χ0n) is 12.2. The van der Waals surface area contributed by atoms with E-state index >= 15 is 0 Å². The van der Waals surface area contributed by atoms with Gasteiger partial charge in [-0.05, 0) is 36.8 Å². The Morgan fingerprint density at radius 2 is 1.75 bits per heavy atom. The standard InChI is InChI=1S/C18H24N2/c19-14-18(20-17-9-3-1-2-4-10-17)12-11-15-7-5-6-8-16(15)13-18/h5-8,17,20H,1-4,9-13H2. The SMILES string of the molecule is N#CC1(NC2CCCCCC2)CCc2ccccc2C1. The van der Waals surface area contributed by atoms with E-state index in [1.165, 1.54) is 49.7 Å². The predicted octanol–water partition coefficient (Wildman–Crippen LogP) is 3.75. The van der Waals surface area contributed by atoms with Crippen LogP contribution < -0.4 is 5.32 Å². The van der Waals surface area contributed by atoms with Gasteiger partial charge < -0.3 is 0 Å². The fraction of sp³-hybridized carbons (Fsp3) is 0.611. The first-order valence-electron chi connectivity index (χ1n) is 8.07. The van der Waals surface area contributed by atoms with Gasteiger partial charge in [-0.25, -0.2) is 0 Å². The molecule has 0 saturated heterocycles. The maximum absolute atomic E-state index is 9.76. The van der Waals surface area contributed by atoms with Gasteiger partial charge in [0.2, 0.25) is 0 Å². The van der Waals surface area contributed by atoms with Crippen molar-refractivity contribution in [3.05, 3.63) is 35.4 Å². The minimum absolute atomic E-state index is 0.330. The molecule has 3 rings (SSSR count). The Bertz CT molecular complexity index is 494. The summed E-state index contributed by atoms with van der Waals surface area (Å²) in [7, 11) is 0. The zero-order chi connectivity index (χ0) is 13.8. The van der Waals surface area contributed by atoms with Crippen molar-refractivity contribution in [3.8, 4) is 6.07 Å². The molecule has 1 saturated carbocycles. The predicted molar refractivity (Wildman–Crippen MR) is 81.4 cm³/mol. The van der Waals surface area contributed by atoms with Crippen molar-refractivity contribution in [2.75, 3.05) is 0 Å². The number of benzene rings is 1. The van der Waals surface area contributed by atoms with Crippen LogP contribution in [-0.2, 0) is 12.8 Å². The Hall–Kier alpha value is -1.33. The van der Waals surface area contributed by atoms with Crippen LogP contribution in [-0.4, -0.2) is 11.6 Å². The van der Waals surface area contributed by atoms with Crippen molar-refractivity contribution < 1.29 is 0 Å². The van der Waals surface area contributed by atoms with Crippen LogP contribution in [0, 0.1) is 11.3 Å². The van der Waals surface area contributed by atoms with Gasteiger partial charge in [-0.3, -0.25) is 5.32 Å². The summed E-state index contributed by atoms with van der Waals surface area (Å²) in [5.41, 5.74) is 2.46. The van der Waals surface area contributed by atoms with Crippen LogP contribution in [0.25, 0.3) is 0 Å². The van der Waals surface area contributed by atoms with Crippen LogP contribution in [0.5, 0.6) is 0 Å². The van der Waals surface area contributed by atoms with Crippen LogP contribution in [0.1, 0.15) is 56.1 Å². The minimum Gasteiger partial charge on any atom is -0.296 e. The lowest BCUT2D eigenvalue weighted by Gasteiger charge is -2.36. The molecule has 20 heavy (non-hydrogen) atoms. The van der Waals surface area contributed by atoms with Gasteiger partial charge >= 0.3 is 0 Å². The van der Waals surface area contributed by atoms with Crippen LogP contribution >= 0.6 is 0 Å². The van der Waals surface area contributed by atoms with Crippen molar-refractivity contribution in [2.24, 2.45) is 0 Å². The fourth-order valence-electron chi connectivity index (χ4n) is 3.80. The second-order valence-electron chi connectivity index (χ2n) is 6.47. The highest BCUT2D eigenvalue weighted by molar-refractivity contribution is 5.35. The van der Waals surface area contributed by atoms with Gasteiger partial charge in [0.05, 0.1) is 6.07 Å². The van der Waals surface area contributed by atoms with E-state index < -0.39 is 0 Å². The monoisotopic (exact) mass is 268 g/mol. The third kappa shape index (κ3) is 2.88. The highest BCUT2D eigenvalue weighted by Crippen LogP contribution is 2.30. The molecule has 0 bridgehead atoms. The van der Waals surface area contributed by atoms with Crippen LogP contribution in [0.4, 0.5) is 0 Å². The van der Waals surface area contributed by atoms with E-state index in [0.717, 1.165) is 19.3 Å². The molecule has 2 heteroatoms. The first kappa shape index (κ1) is 13.6. The molecule has 0 amide bonds. The average molecular weight is 268 g/mol. The second-order valence-corrected chi connectivity index (χ2v) is 6.47. The van der Waals surface area contributed by atoms with Crippen LogP contribution in [0.2, 0.25) is 0 Å². The van der Waals surface area contributed by atoms with Gasteiger partial charge in [-0.1, -0.05) is 49.9 Å². The Labute approximate surface area is 122 Å². The van der Waals surface area contributed by atoms with Gasteiger partial charge in [0, 0.05) is 12.5 Å². The molecule has 2 aliphatic rings. The maximum Gasteiger partial charge on any atom is 0.111 e. The number of nitrogens with one attached hydrogen (secondary N) is 1. The lowest BCUT2D eigenvalue weighted by molar-refractivity contribution is 0.302. The lowest BCUT2D eigenvalue weighted by atomic mass is 9.78. The molecule has 1 atom stereocenters. The number of hydrogen-bond donors (Lipinski definition) is 1. The molecule has 1 N–H and O–H groups in total. The minimum atomic E-state index is -0.330. The quantitative estimate of drug-likeness (QED) is 0.829. The van der Waals surface area contributed by atoms with Crippen molar-refractivity contribution in [1.29, 1.82) is 5.26 Å². The summed E-state index contributed by atoms with van der Waals surface area (Å²) in [6.07, 6.45) is 10.7. The Kier molecular flexibility index (Phi) is 4.08. The Morgan fingerprint density at radius 3 is 2.45 bits per heavy atom. The highest BCUT2D eigenvalue weighted by atomic mass is 15.0. The van der Waals surface area contributed by atoms with Crippen LogP contribution in [0.3, 0.4) is 0 Å². The molecule has 0 radical (unpaired) electrons. The van der Waals surface area contributed by atoms with E-state index in [4.69, 9.17) is 0 Å². The van der Waals surface area contributed by atoms with E-state index in [-0.39, 0.29) is 5.54 Å². The van der Waals surface area contributed by atoms with Gasteiger partial charge in [0.25, 0.3) is 0 Å². The summed E-state index contributed by atoms with van der Waals surface area (Å²) >= 11 is 0. The van der Waals surface area contributed by atoms with E-state index in [1.54, 1.807) is 0 Å². The summed E-state index contributed by atoms with van der Waals surface area (Å²) in [6.45, 7) is 0. The van der Waals surface area contributed by atoms with Gasteiger partial charge in [0.1, 0.15) is 5.54 Å². The first-order valence-corrected chi connectivity index (χ1v) is 8.07. The molecular formula is C18H24N2. The number of fused-ring (bicyclic) bond motifs is 1. The normalized spacial score (nSPS) is 27.4. The number of hydrogen-bond acceptors (Lipinski definition) is 2. The van der Waals surface area contributed by atoms with Crippen LogP contribution in [0.15, 0.2) is 24.3 Å². The number of nitrogens with zero attached hydrogens (tertiary/aromatic N) is 1. The number of aryl methyl sites for hydroxylation is 1. The summed E-state index contributed by atoms with van der Waals surface area (Å²) < 4.78 is 0. The molecule has 0 heterocycles. The summed E-state index contributed by atoms with van der Waals surface area (Å²) in [4.78, 5) is 0. The van der Waals surface area contributed by atoms with Gasteiger partial charge in [-0.2, -0.15) is 5.26 Å². The molecule has 0 aromatic heterocycles. The molecule has 106 valence electrons. The first-order chi connectivity index (χ1) is 9.81. The molecule has 1 unspecified atom stereocenters. The van der Waals surface area contributed by atoms with Gasteiger partial charge in [0.15, 0.2) is 0 Å². The molecule has 1 aromatic rings. The summed E-state index contributed by atoms with van der Waals surface area (Å²) in [5, 5.41) is 13.5. The van der Waals surface area contributed by atoms with Crippen molar-refractivity contribution in [3.63, 3.8) is 0 Å². The average Bonchev–Trinajstić information content (AvgIpc) is 2.76. The van der Waals surface area contributed by atoms with E-state index in [1.807, 2.05) is 0 Å². The topological polar surface area (TPSA) is 35.8 Å². The van der Waals surface area contributed by atoms with Crippen molar-refractivity contribution in [2.45, 2.75) is 69.4 Å². The molecule has 1 fully saturated rings. The van der Waals surface area contributed by atoms with E-state index in [0.29, 0.717) is 6.04 Å². The molecule has 2 aliphatic carbocycles. The third-order valence-corrected chi connectivity index (χ3v) is 4.98. The third-order valence-electron chi connectivity index (χ3n) is 4.98. The highest BCUT2D eigenvalue weighted by Gasteiger charge is 2.36. The Balaban J connectivity index is 1.74. The number of rotatable bonds is 2. The molecule has 1 aromatic carbocycles. The van der Waals surface area contributed by atoms with Crippen molar-refractivity contribution >= 4 is 0 Å². The molecule has 2 nitrogen and oxygen atoms in total. The maximum atomic E-state index is 9.76. The lowest BCUT2D eigenvalue weighted by Crippen LogP contribution is -2.52. The second kappa shape index (κ2) is 5.97. The molecule has 0 aliphatic heterocycles. The Morgan fingerprint density at radius 1 is 1.05 bits per heavy atom. The summed E-state index contributed by atoms with van der Waals surface area (Å²) in [6, 6.07) is 11.8. The van der Waals surface area contributed by atoms with E-state index in [9.17, 15) is 5.26 Å². The smallest absolute Gasteiger partial charge is 0.111 e.